The highest BCUT2D eigenvalue weighted by Gasteiger charge is 2.06. The second-order valence-corrected chi connectivity index (χ2v) is 4.78. The van der Waals surface area contributed by atoms with Gasteiger partial charge in [0, 0.05) is 18.6 Å². The normalized spacial score (nSPS) is 10.1. The molecule has 0 N–H and O–H groups in total. The van der Waals surface area contributed by atoms with Crippen molar-refractivity contribution < 1.29 is 4.74 Å². The predicted molar refractivity (Wildman–Crippen MR) is 81.1 cm³/mol. The van der Waals surface area contributed by atoms with Gasteiger partial charge in [-0.25, -0.2) is 4.98 Å². The Morgan fingerprint density at radius 3 is 2.73 bits per heavy atom. The van der Waals surface area contributed by atoms with Crippen molar-refractivity contribution in [2.24, 2.45) is 0 Å². The Kier molecular flexibility index (Phi) is 4.12. The number of ether oxygens (including phenoxy) is 1. The molecule has 0 radical (unpaired) electrons. The second-order valence-electron chi connectivity index (χ2n) is 4.78. The number of hydrogen-bond acceptors (Lipinski definition) is 4. The molecular weight excluding hydrogens is 276 g/mol. The van der Waals surface area contributed by atoms with Gasteiger partial charge in [0.1, 0.15) is 18.1 Å². The van der Waals surface area contributed by atoms with Crippen LogP contribution in [-0.2, 0) is 13.2 Å². The van der Waals surface area contributed by atoms with Crippen molar-refractivity contribution in [1.82, 2.24) is 14.5 Å². The van der Waals surface area contributed by atoms with E-state index < -0.39 is 0 Å². The predicted octanol–water partition coefficient (Wildman–Crippen LogP) is 2.78. The van der Waals surface area contributed by atoms with Crippen LogP contribution in [0, 0.1) is 11.3 Å². The molecule has 1 aromatic carbocycles. The summed E-state index contributed by atoms with van der Waals surface area (Å²) in [5, 5.41) is 8.80. The lowest BCUT2D eigenvalue weighted by atomic mass is 10.1. The molecule has 0 fully saturated rings. The standard InChI is InChI=1S/C17H14N4O/c18-10-14-3-5-15(6-4-14)12-22-17-2-1-7-20-16(17)11-21-9-8-19-13-21/h1-9,13H,11-12H2. The summed E-state index contributed by atoms with van der Waals surface area (Å²) in [6, 6.07) is 13.2. The van der Waals surface area contributed by atoms with Gasteiger partial charge in [0.2, 0.25) is 0 Å². The fourth-order valence-corrected chi connectivity index (χ4v) is 2.06. The van der Waals surface area contributed by atoms with Crippen molar-refractivity contribution >= 4 is 0 Å². The Morgan fingerprint density at radius 1 is 1.14 bits per heavy atom. The second kappa shape index (κ2) is 6.55. The molecule has 0 bridgehead atoms. The smallest absolute Gasteiger partial charge is 0.143 e. The van der Waals surface area contributed by atoms with E-state index in [1.165, 1.54) is 0 Å². The number of benzene rings is 1. The topological polar surface area (TPSA) is 63.7 Å². The maximum atomic E-state index is 8.80. The number of aromatic nitrogens is 3. The van der Waals surface area contributed by atoms with Gasteiger partial charge in [-0.15, -0.1) is 0 Å². The highest BCUT2D eigenvalue weighted by molar-refractivity contribution is 5.32. The first-order valence-electron chi connectivity index (χ1n) is 6.86. The van der Waals surface area contributed by atoms with Crippen molar-refractivity contribution in [3.05, 3.63) is 78.1 Å². The van der Waals surface area contributed by atoms with Crippen LogP contribution in [0.3, 0.4) is 0 Å². The Bertz CT molecular complexity index is 773. The molecule has 2 heterocycles. The molecule has 3 rings (SSSR count). The van der Waals surface area contributed by atoms with Crippen LogP contribution in [0.2, 0.25) is 0 Å². The van der Waals surface area contributed by atoms with Crippen molar-refractivity contribution in [3.8, 4) is 11.8 Å². The Labute approximate surface area is 128 Å². The van der Waals surface area contributed by atoms with Gasteiger partial charge < -0.3 is 9.30 Å². The molecule has 0 aliphatic heterocycles. The third kappa shape index (κ3) is 3.30. The quantitative estimate of drug-likeness (QED) is 0.725. The molecule has 0 saturated carbocycles. The van der Waals surface area contributed by atoms with E-state index in [0.717, 1.165) is 17.0 Å². The summed E-state index contributed by atoms with van der Waals surface area (Å²) in [6.07, 6.45) is 7.12. The molecule has 5 heteroatoms. The summed E-state index contributed by atoms with van der Waals surface area (Å²) in [5.74, 6) is 0.751. The zero-order valence-electron chi connectivity index (χ0n) is 11.9. The molecule has 0 spiro atoms. The Morgan fingerprint density at radius 2 is 2.00 bits per heavy atom. The molecule has 0 unspecified atom stereocenters. The minimum Gasteiger partial charge on any atom is -0.487 e. The molecule has 0 atom stereocenters. The van der Waals surface area contributed by atoms with Crippen LogP contribution in [0.5, 0.6) is 5.75 Å². The highest BCUT2D eigenvalue weighted by Crippen LogP contribution is 2.18. The molecule has 2 aromatic heterocycles. The molecule has 22 heavy (non-hydrogen) atoms. The highest BCUT2D eigenvalue weighted by atomic mass is 16.5. The van der Waals surface area contributed by atoms with Crippen molar-refractivity contribution in [1.29, 1.82) is 5.26 Å². The summed E-state index contributed by atoms with van der Waals surface area (Å²) in [4.78, 5) is 8.40. The molecule has 0 aliphatic carbocycles. The van der Waals surface area contributed by atoms with E-state index >= 15 is 0 Å². The molecule has 108 valence electrons. The lowest BCUT2D eigenvalue weighted by molar-refractivity contribution is 0.300. The lowest BCUT2D eigenvalue weighted by Gasteiger charge is -2.11. The van der Waals surface area contributed by atoms with Crippen molar-refractivity contribution in [2.75, 3.05) is 0 Å². The fraction of sp³-hybridized carbons (Fsp3) is 0.118. The number of nitriles is 1. The van der Waals surface area contributed by atoms with Crippen molar-refractivity contribution in [3.63, 3.8) is 0 Å². The van der Waals surface area contributed by atoms with Crippen LogP contribution in [0.1, 0.15) is 16.8 Å². The van der Waals surface area contributed by atoms with Gasteiger partial charge in [0.25, 0.3) is 0 Å². The number of rotatable bonds is 5. The monoisotopic (exact) mass is 290 g/mol. The molecule has 5 nitrogen and oxygen atoms in total. The maximum absolute atomic E-state index is 8.80. The summed E-state index contributed by atoms with van der Waals surface area (Å²) >= 11 is 0. The Balaban J connectivity index is 1.70. The maximum Gasteiger partial charge on any atom is 0.143 e. The minimum atomic E-state index is 0.439. The third-order valence-corrected chi connectivity index (χ3v) is 3.22. The number of imidazole rings is 1. The molecule has 0 aliphatic rings. The third-order valence-electron chi connectivity index (χ3n) is 3.22. The van der Waals surface area contributed by atoms with Crippen LogP contribution in [-0.4, -0.2) is 14.5 Å². The van der Waals surface area contributed by atoms with E-state index in [1.54, 1.807) is 30.9 Å². The van der Waals surface area contributed by atoms with Crippen LogP contribution >= 0.6 is 0 Å². The SMILES string of the molecule is N#Cc1ccc(COc2cccnc2Cn2ccnc2)cc1. The largest absolute Gasteiger partial charge is 0.487 e. The molecule has 0 amide bonds. The summed E-state index contributed by atoms with van der Waals surface area (Å²) in [5.41, 5.74) is 2.51. The van der Waals surface area contributed by atoms with Gasteiger partial charge in [-0.1, -0.05) is 12.1 Å². The molecular formula is C17H14N4O. The molecule has 3 aromatic rings. The number of hydrogen-bond donors (Lipinski definition) is 0. The van der Waals surface area contributed by atoms with Gasteiger partial charge in [0.05, 0.1) is 24.5 Å². The number of nitrogens with zero attached hydrogens (tertiary/aromatic N) is 4. The van der Waals surface area contributed by atoms with Crippen LogP contribution in [0.25, 0.3) is 0 Å². The van der Waals surface area contributed by atoms with Crippen LogP contribution in [0.4, 0.5) is 0 Å². The van der Waals surface area contributed by atoms with E-state index in [0.29, 0.717) is 18.7 Å². The van der Waals surface area contributed by atoms with E-state index in [9.17, 15) is 0 Å². The van der Waals surface area contributed by atoms with E-state index in [-0.39, 0.29) is 0 Å². The zero-order valence-corrected chi connectivity index (χ0v) is 11.9. The summed E-state index contributed by atoms with van der Waals surface area (Å²) in [7, 11) is 0. The lowest BCUT2D eigenvalue weighted by Crippen LogP contribution is -2.04. The van der Waals surface area contributed by atoms with Crippen LogP contribution < -0.4 is 4.74 Å². The van der Waals surface area contributed by atoms with E-state index in [1.807, 2.05) is 35.0 Å². The van der Waals surface area contributed by atoms with Gasteiger partial charge in [-0.3, -0.25) is 4.98 Å². The molecule has 0 saturated heterocycles. The van der Waals surface area contributed by atoms with E-state index in [2.05, 4.69) is 16.0 Å². The van der Waals surface area contributed by atoms with Gasteiger partial charge in [0.15, 0.2) is 0 Å². The first-order chi connectivity index (χ1) is 10.8. The average Bonchev–Trinajstić information content (AvgIpc) is 3.07. The number of pyridine rings is 1. The minimum absolute atomic E-state index is 0.439. The Hall–Kier alpha value is -3.13. The van der Waals surface area contributed by atoms with E-state index in [4.69, 9.17) is 10.00 Å². The summed E-state index contributed by atoms with van der Waals surface area (Å²) < 4.78 is 7.81. The first-order valence-corrected chi connectivity index (χ1v) is 6.86. The van der Waals surface area contributed by atoms with Gasteiger partial charge >= 0.3 is 0 Å². The first kappa shape index (κ1) is 13.8. The van der Waals surface area contributed by atoms with Crippen LogP contribution in [0.15, 0.2) is 61.3 Å². The fourth-order valence-electron chi connectivity index (χ4n) is 2.06. The van der Waals surface area contributed by atoms with Gasteiger partial charge in [-0.2, -0.15) is 5.26 Å². The zero-order chi connectivity index (χ0) is 15.2. The summed E-state index contributed by atoms with van der Waals surface area (Å²) in [6.45, 7) is 1.05. The van der Waals surface area contributed by atoms with Gasteiger partial charge in [-0.05, 0) is 29.8 Å². The average molecular weight is 290 g/mol. The van der Waals surface area contributed by atoms with Crippen molar-refractivity contribution in [2.45, 2.75) is 13.2 Å².